The molecule has 2 heterocycles. The predicted octanol–water partition coefficient (Wildman–Crippen LogP) is 0.102. The molecule has 0 aliphatic carbocycles. The third-order valence-corrected chi connectivity index (χ3v) is 7.95. The van der Waals surface area contributed by atoms with Gasteiger partial charge < -0.3 is 14.2 Å². The van der Waals surface area contributed by atoms with Crippen LogP contribution in [0.15, 0.2) is 0 Å². The van der Waals surface area contributed by atoms with Crippen molar-refractivity contribution in [2.24, 2.45) is 0 Å². The first kappa shape index (κ1) is 17.1. The van der Waals surface area contributed by atoms with Crippen molar-refractivity contribution in [1.29, 1.82) is 0 Å². The van der Waals surface area contributed by atoms with Gasteiger partial charge in [0.15, 0.2) is 30.5 Å². The van der Waals surface area contributed by atoms with E-state index in [0.29, 0.717) is 12.8 Å². The van der Waals surface area contributed by atoms with Gasteiger partial charge in [-0.05, 0) is 12.8 Å². The van der Waals surface area contributed by atoms with E-state index in [2.05, 4.69) is 0 Å². The van der Waals surface area contributed by atoms with E-state index in [1.807, 2.05) is 0 Å². The Kier molecular flexibility index (Phi) is 5.30. The Labute approximate surface area is 125 Å². The van der Waals surface area contributed by atoms with Gasteiger partial charge in [0, 0.05) is 27.1 Å². The minimum Gasteiger partial charge on any atom is -0.381 e. The third kappa shape index (κ3) is 3.95. The standard InChI is InChI=1S/C12H22O7S2/c1-17-9-3-5-20(13,14)11(7-9)19-12-8-10(18-2)4-6-21(12,15)16/h9-12H,3-8H2,1-2H3. The SMILES string of the molecule is COC1CCS(=O)(=O)C(OC2CC(OC)CCS2(=O)=O)C1. The van der Waals surface area contributed by atoms with Gasteiger partial charge in [-0.2, -0.15) is 0 Å². The highest BCUT2D eigenvalue weighted by atomic mass is 32.2. The molecule has 0 spiro atoms. The fourth-order valence-electron chi connectivity index (χ4n) is 2.69. The highest BCUT2D eigenvalue weighted by molar-refractivity contribution is 7.92. The molecule has 124 valence electrons. The zero-order valence-corrected chi connectivity index (χ0v) is 13.9. The van der Waals surface area contributed by atoms with Gasteiger partial charge in [0.1, 0.15) is 0 Å². The normalized spacial score (nSPS) is 39.0. The molecular formula is C12H22O7S2. The van der Waals surface area contributed by atoms with Gasteiger partial charge in [-0.25, -0.2) is 16.8 Å². The minimum absolute atomic E-state index is 0.0450. The van der Waals surface area contributed by atoms with Crippen LogP contribution in [0.1, 0.15) is 25.7 Å². The van der Waals surface area contributed by atoms with Crippen LogP contribution in [-0.2, 0) is 33.9 Å². The van der Waals surface area contributed by atoms with Crippen molar-refractivity contribution in [3.05, 3.63) is 0 Å². The molecule has 0 amide bonds. The van der Waals surface area contributed by atoms with Crippen molar-refractivity contribution in [3.8, 4) is 0 Å². The summed E-state index contributed by atoms with van der Waals surface area (Å²) in [5.41, 5.74) is -2.24. The Balaban J connectivity index is 2.13. The molecule has 4 atom stereocenters. The Morgan fingerprint density at radius 2 is 1.14 bits per heavy atom. The topological polar surface area (TPSA) is 96.0 Å². The lowest BCUT2D eigenvalue weighted by molar-refractivity contribution is -0.0123. The molecule has 21 heavy (non-hydrogen) atoms. The van der Waals surface area contributed by atoms with Crippen molar-refractivity contribution in [3.63, 3.8) is 0 Å². The van der Waals surface area contributed by atoms with Gasteiger partial charge in [-0.15, -0.1) is 0 Å². The second kappa shape index (κ2) is 6.49. The minimum atomic E-state index is -3.45. The number of rotatable bonds is 4. The molecular weight excluding hydrogens is 320 g/mol. The number of hydrogen-bond donors (Lipinski definition) is 0. The lowest BCUT2D eigenvalue weighted by Crippen LogP contribution is -2.45. The lowest BCUT2D eigenvalue weighted by Gasteiger charge is -2.34. The van der Waals surface area contributed by atoms with E-state index in [1.165, 1.54) is 14.2 Å². The largest absolute Gasteiger partial charge is 0.381 e. The maximum Gasteiger partial charge on any atom is 0.177 e. The summed E-state index contributed by atoms with van der Waals surface area (Å²) in [7, 11) is -3.87. The van der Waals surface area contributed by atoms with Crippen LogP contribution in [0.5, 0.6) is 0 Å². The molecule has 7 nitrogen and oxygen atoms in total. The van der Waals surface area contributed by atoms with Crippen molar-refractivity contribution in [1.82, 2.24) is 0 Å². The van der Waals surface area contributed by atoms with Crippen LogP contribution in [0.3, 0.4) is 0 Å². The van der Waals surface area contributed by atoms with Crippen LogP contribution in [-0.4, -0.2) is 65.6 Å². The number of methoxy groups -OCH3 is 2. The van der Waals surface area contributed by atoms with E-state index < -0.39 is 30.5 Å². The fourth-order valence-corrected chi connectivity index (χ4v) is 6.09. The molecule has 0 saturated carbocycles. The van der Waals surface area contributed by atoms with E-state index >= 15 is 0 Å². The molecule has 0 radical (unpaired) electrons. The second-order valence-electron chi connectivity index (χ2n) is 5.49. The Morgan fingerprint density at radius 3 is 1.48 bits per heavy atom. The van der Waals surface area contributed by atoms with Gasteiger partial charge in [-0.3, -0.25) is 0 Å². The molecule has 9 heteroatoms. The molecule has 2 fully saturated rings. The summed E-state index contributed by atoms with van der Waals surface area (Å²) in [5, 5.41) is 0. The van der Waals surface area contributed by atoms with Crippen molar-refractivity contribution < 1.29 is 31.0 Å². The van der Waals surface area contributed by atoms with Crippen molar-refractivity contribution >= 4 is 19.7 Å². The molecule has 2 aliphatic heterocycles. The van der Waals surface area contributed by atoms with E-state index in [-0.39, 0.29) is 36.6 Å². The Hall–Kier alpha value is -0.220. The molecule has 2 aliphatic rings. The number of sulfone groups is 2. The first-order valence-corrected chi connectivity index (χ1v) is 10.4. The second-order valence-corrected chi connectivity index (χ2v) is 10.0. The first-order chi connectivity index (χ1) is 9.78. The van der Waals surface area contributed by atoms with Gasteiger partial charge in [0.05, 0.1) is 23.7 Å². The summed E-state index contributed by atoms with van der Waals surface area (Å²) in [6.45, 7) is 0. The third-order valence-electron chi connectivity index (χ3n) is 4.13. The van der Waals surface area contributed by atoms with E-state index in [4.69, 9.17) is 14.2 Å². The van der Waals surface area contributed by atoms with Crippen LogP contribution in [0.4, 0.5) is 0 Å². The van der Waals surface area contributed by atoms with E-state index in [0.717, 1.165) is 0 Å². The molecule has 0 N–H and O–H groups in total. The van der Waals surface area contributed by atoms with Crippen molar-refractivity contribution in [2.45, 2.75) is 48.8 Å². The highest BCUT2D eigenvalue weighted by Crippen LogP contribution is 2.29. The molecule has 0 aromatic carbocycles. The molecule has 2 saturated heterocycles. The molecule has 4 unspecified atom stereocenters. The number of ether oxygens (including phenoxy) is 3. The summed E-state index contributed by atoms with van der Waals surface area (Å²) >= 11 is 0. The molecule has 2 rings (SSSR count). The Morgan fingerprint density at radius 1 is 0.762 bits per heavy atom. The van der Waals surface area contributed by atoms with Gasteiger partial charge in [0.2, 0.25) is 0 Å². The van der Waals surface area contributed by atoms with Crippen LogP contribution < -0.4 is 0 Å². The van der Waals surface area contributed by atoms with Crippen LogP contribution in [0.2, 0.25) is 0 Å². The molecule has 0 aromatic heterocycles. The van der Waals surface area contributed by atoms with Crippen LogP contribution in [0.25, 0.3) is 0 Å². The van der Waals surface area contributed by atoms with Gasteiger partial charge >= 0.3 is 0 Å². The smallest absolute Gasteiger partial charge is 0.177 e. The first-order valence-electron chi connectivity index (χ1n) is 6.92. The van der Waals surface area contributed by atoms with Crippen LogP contribution in [0, 0.1) is 0 Å². The van der Waals surface area contributed by atoms with Crippen molar-refractivity contribution in [2.75, 3.05) is 25.7 Å². The van der Waals surface area contributed by atoms with E-state index in [1.54, 1.807) is 0 Å². The zero-order chi connectivity index (χ0) is 15.7. The predicted molar refractivity (Wildman–Crippen MR) is 76.3 cm³/mol. The number of hydrogen-bond acceptors (Lipinski definition) is 7. The van der Waals surface area contributed by atoms with E-state index in [9.17, 15) is 16.8 Å². The fraction of sp³-hybridized carbons (Fsp3) is 1.00. The van der Waals surface area contributed by atoms with Gasteiger partial charge in [0.25, 0.3) is 0 Å². The average Bonchev–Trinajstić information content (AvgIpc) is 2.43. The lowest BCUT2D eigenvalue weighted by atomic mass is 10.2. The summed E-state index contributed by atoms with van der Waals surface area (Å²) < 4.78 is 64.1. The monoisotopic (exact) mass is 342 g/mol. The quantitative estimate of drug-likeness (QED) is 0.715. The molecule has 0 bridgehead atoms. The summed E-state index contributed by atoms with van der Waals surface area (Å²) in [6, 6.07) is 0. The summed E-state index contributed by atoms with van der Waals surface area (Å²) in [6.07, 6.45) is 0.726. The summed E-state index contributed by atoms with van der Waals surface area (Å²) in [4.78, 5) is 0. The Bertz CT molecular complexity index is 504. The maximum atomic E-state index is 12.1. The zero-order valence-electron chi connectivity index (χ0n) is 12.2. The molecule has 0 aromatic rings. The van der Waals surface area contributed by atoms with Gasteiger partial charge in [-0.1, -0.05) is 0 Å². The highest BCUT2D eigenvalue weighted by Gasteiger charge is 2.42. The maximum absolute atomic E-state index is 12.1. The average molecular weight is 342 g/mol. The van der Waals surface area contributed by atoms with Crippen LogP contribution >= 0.6 is 0 Å². The summed E-state index contributed by atoms with van der Waals surface area (Å²) in [5.74, 6) is -0.0900.